The zero-order valence-corrected chi connectivity index (χ0v) is 9.87. The van der Waals surface area contributed by atoms with Gasteiger partial charge in [0.15, 0.2) is 4.21 Å². The Hall–Kier alpha value is -0.660. The number of aromatic amines is 1. The van der Waals surface area contributed by atoms with Gasteiger partial charge in [0.05, 0.1) is 0 Å². The lowest BCUT2D eigenvalue weighted by atomic mass is 10.4. The van der Waals surface area contributed by atoms with Gasteiger partial charge in [-0.3, -0.25) is 4.79 Å². The molecule has 0 aromatic carbocycles. The maximum atomic E-state index is 11.7. The average Bonchev–Trinajstić information content (AvgIpc) is 2.89. The molecule has 1 aliphatic rings. The number of hydrogen-bond donors (Lipinski definition) is 2. The van der Waals surface area contributed by atoms with E-state index in [0.717, 1.165) is 24.2 Å². The Balaban J connectivity index is 2.19. The summed E-state index contributed by atoms with van der Waals surface area (Å²) < 4.78 is 26.1. The standard InChI is InChI=1S/C8H12N2O3S2/c1-5-7(14-8(11)10-5)15(12,13)9-4-6-2-3-6/h6,9H,2-4H2,1H3,(H,10,11). The monoisotopic (exact) mass is 248 g/mol. The fraction of sp³-hybridized carbons (Fsp3) is 0.625. The predicted octanol–water partition coefficient (Wildman–Crippen LogP) is 0.433. The number of hydrogen-bond acceptors (Lipinski definition) is 4. The van der Waals surface area contributed by atoms with Crippen molar-refractivity contribution >= 4 is 21.4 Å². The molecule has 0 bridgehead atoms. The fourth-order valence-corrected chi connectivity index (χ4v) is 3.72. The molecule has 0 aliphatic heterocycles. The Kier molecular flexibility index (Phi) is 2.70. The minimum Gasteiger partial charge on any atom is -0.315 e. The Morgan fingerprint density at radius 2 is 2.20 bits per heavy atom. The van der Waals surface area contributed by atoms with E-state index in [9.17, 15) is 13.2 Å². The summed E-state index contributed by atoms with van der Waals surface area (Å²) in [5, 5.41) is 0. The third-order valence-electron chi connectivity index (χ3n) is 2.28. The molecule has 5 nitrogen and oxygen atoms in total. The first-order valence-corrected chi connectivity index (χ1v) is 6.98. The fourth-order valence-electron chi connectivity index (χ4n) is 1.26. The van der Waals surface area contributed by atoms with Crippen molar-refractivity contribution in [2.24, 2.45) is 5.92 Å². The van der Waals surface area contributed by atoms with Crippen LogP contribution in [0.3, 0.4) is 0 Å². The van der Waals surface area contributed by atoms with Gasteiger partial charge in [0.2, 0.25) is 0 Å². The minimum absolute atomic E-state index is 0.105. The average molecular weight is 248 g/mol. The molecule has 0 radical (unpaired) electrons. The van der Waals surface area contributed by atoms with Crippen LogP contribution in [0.4, 0.5) is 0 Å². The first kappa shape index (κ1) is 10.8. The SMILES string of the molecule is Cc1[nH]c(=O)sc1S(=O)(=O)NCC1CC1. The van der Waals surface area contributed by atoms with E-state index in [-0.39, 0.29) is 9.08 Å². The lowest BCUT2D eigenvalue weighted by Gasteiger charge is -2.03. The Morgan fingerprint density at radius 1 is 1.53 bits per heavy atom. The smallest absolute Gasteiger partial charge is 0.305 e. The van der Waals surface area contributed by atoms with Crippen LogP contribution in [0, 0.1) is 12.8 Å². The molecule has 1 aromatic heterocycles. The van der Waals surface area contributed by atoms with E-state index in [4.69, 9.17) is 0 Å². The predicted molar refractivity (Wildman–Crippen MR) is 57.6 cm³/mol. The van der Waals surface area contributed by atoms with Crippen molar-refractivity contribution < 1.29 is 8.42 Å². The van der Waals surface area contributed by atoms with Crippen molar-refractivity contribution in [3.63, 3.8) is 0 Å². The Bertz CT molecular complexity index is 510. The summed E-state index contributed by atoms with van der Waals surface area (Å²) in [7, 11) is -3.49. The zero-order chi connectivity index (χ0) is 11.1. The molecule has 84 valence electrons. The van der Waals surface area contributed by atoms with Crippen LogP contribution in [0.15, 0.2) is 9.00 Å². The van der Waals surface area contributed by atoms with Crippen molar-refractivity contribution in [3.8, 4) is 0 Å². The van der Waals surface area contributed by atoms with Crippen molar-refractivity contribution in [1.82, 2.24) is 9.71 Å². The summed E-state index contributed by atoms with van der Waals surface area (Å²) in [4.78, 5) is 13.1. The molecule has 1 fully saturated rings. The highest BCUT2D eigenvalue weighted by Crippen LogP contribution is 2.28. The van der Waals surface area contributed by atoms with Crippen molar-refractivity contribution in [1.29, 1.82) is 0 Å². The molecular weight excluding hydrogens is 236 g/mol. The normalized spacial score (nSPS) is 16.9. The summed E-state index contributed by atoms with van der Waals surface area (Å²) >= 11 is 0.732. The molecule has 1 saturated carbocycles. The maximum Gasteiger partial charge on any atom is 0.305 e. The Morgan fingerprint density at radius 3 is 2.67 bits per heavy atom. The first-order chi connectivity index (χ1) is 6.99. The molecule has 0 spiro atoms. The van der Waals surface area contributed by atoms with E-state index in [1.165, 1.54) is 0 Å². The third-order valence-corrected chi connectivity index (χ3v) is 5.31. The zero-order valence-electron chi connectivity index (χ0n) is 8.24. The van der Waals surface area contributed by atoms with Crippen LogP contribution in [0.2, 0.25) is 0 Å². The summed E-state index contributed by atoms with van der Waals surface area (Å²) in [6.45, 7) is 2.07. The number of aromatic nitrogens is 1. The van der Waals surface area contributed by atoms with E-state index in [1.807, 2.05) is 0 Å². The van der Waals surface area contributed by atoms with E-state index in [1.54, 1.807) is 6.92 Å². The van der Waals surface area contributed by atoms with Gasteiger partial charge in [-0.1, -0.05) is 11.3 Å². The molecule has 0 saturated heterocycles. The van der Waals surface area contributed by atoms with Crippen LogP contribution in [0.25, 0.3) is 0 Å². The van der Waals surface area contributed by atoms with Gasteiger partial charge in [0.1, 0.15) is 0 Å². The second kappa shape index (κ2) is 3.73. The van der Waals surface area contributed by atoms with Gasteiger partial charge in [-0.2, -0.15) is 0 Å². The van der Waals surface area contributed by atoms with Crippen LogP contribution >= 0.6 is 11.3 Å². The molecule has 15 heavy (non-hydrogen) atoms. The minimum atomic E-state index is -3.49. The quantitative estimate of drug-likeness (QED) is 0.811. The van der Waals surface area contributed by atoms with Gasteiger partial charge in [-0.15, -0.1) is 0 Å². The van der Waals surface area contributed by atoms with Gasteiger partial charge in [0, 0.05) is 12.2 Å². The largest absolute Gasteiger partial charge is 0.315 e. The summed E-state index contributed by atoms with van der Waals surface area (Å²) in [6, 6.07) is 0. The molecule has 1 heterocycles. The maximum absolute atomic E-state index is 11.7. The number of H-pyrrole nitrogens is 1. The topological polar surface area (TPSA) is 79.0 Å². The van der Waals surface area contributed by atoms with Crippen LogP contribution in [0.5, 0.6) is 0 Å². The molecule has 2 N–H and O–H groups in total. The molecule has 2 rings (SSSR count). The number of sulfonamides is 1. The van der Waals surface area contributed by atoms with Gasteiger partial charge >= 0.3 is 4.87 Å². The van der Waals surface area contributed by atoms with E-state index in [0.29, 0.717) is 18.2 Å². The van der Waals surface area contributed by atoms with Crippen molar-refractivity contribution in [3.05, 3.63) is 15.4 Å². The van der Waals surface area contributed by atoms with Crippen molar-refractivity contribution in [2.45, 2.75) is 24.0 Å². The summed E-state index contributed by atoms with van der Waals surface area (Å²) in [6.07, 6.45) is 2.18. The van der Waals surface area contributed by atoms with Gasteiger partial charge in [-0.05, 0) is 25.7 Å². The Labute approximate surface area is 91.6 Å². The molecule has 0 atom stereocenters. The summed E-state index contributed by atoms with van der Waals surface area (Å²) in [5.74, 6) is 0.482. The first-order valence-electron chi connectivity index (χ1n) is 4.68. The summed E-state index contributed by atoms with van der Waals surface area (Å²) in [5.41, 5.74) is 0.410. The number of thiazole rings is 1. The lowest BCUT2D eigenvalue weighted by Crippen LogP contribution is -2.25. The van der Waals surface area contributed by atoms with Crippen LogP contribution in [-0.4, -0.2) is 19.9 Å². The van der Waals surface area contributed by atoms with Crippen LogP contribution in [-0.2, 0) is 10.0 Å². The van der Waals surface area contributed by atoms with E-state index < -0.39 is 10.0 Å². The van der Waals surface area contributed by atoms with Gasteiger partial charge in [-0.25, -0.2) is 13.1 Å². The molecule has 0 amide bonds. The van der Waals surface area contributed by atoms with Crippen LogP contribution < -0.4 is 9.60 Å². The highest BCUT2D eigenvalue weighted by molar-refractivity contribution is 7.91. The molecule has 1 aromatic rings. The molecular formula is C8H12N2O3S2. The lowest BCUT2D eigenvalue weighted by molar-refractivity contribution is 0.579. The van der Waals surface area contributed by atoms with E-state index in [2.05, 4.69) is 9.71 Å². The van der Waals surface area contributed by atoms with Crippen molar-refractivity contribution in [2.75, 3.05) is 6.54 Å². The van der Waals surface area contributed by atoms with Crippen LogP contribution in [0.1, 0.15) is 18.5 Å². The molecule has 0 unspecified atom stereocenters. The second-order valence-corrected chi connectivity index (χ2v) is 6.67. The molecule has 1 aliphatic carbocycles. The van der Waals surface area contributed by atoms with Gasteiger partial charge < -0.3 is 4.98 Å². The second-order valence-electron chi connectivity index (χ2n) is 3.72. The third kappa shape index (κ3) is 2.47. The highest BCUT2D eigenvalue weighted by Gasteiger charge is 2.26. The van der Waals surface area contributed by atoms with Gasteiger partial charge in [0.25, 0.3) is 10.0 Å². The highest BCUT2D eigenvalue weighted by atomic mass is 32.2. The van der Waals surface area contributed by atoms with E-state index >= 15 is 0 Å². The number of nitrogens with one attached hydrogen (secondary N) is 2. The number of aryl methyl sites for hydroxylation is 1. The molecule has 7 heteroatoms. The number of rotatable bonds is 4.